The van der Waals surface area contributed by atoms with Crippen LogP contribution in [-0.2, 0) is 0 Å². The molecule has 1 aromatic heterocycles. The zero-order valence-corrected chi connectivity index (χ0v) is 11.2. The van der Waals surface area contributed by atoms with Gasteiger partial charge < -0.3 is 14.8 Å². The van der Waals surface area contributed by atoms with Gasteiger partial charge >= 0.3 is 0 Å². The van der Waals surface area contributed by atoms with Crippen molar-refractivity contribution in [3.8, 4) is 11.5 Å². The molecule has 1 aliphatic rings. The number of thiophene rings is 1. The smallest absolute Gasteiger partial charge is 0.252 e. The molecule has 5 heteroatoms. The van der Waals surface area contributed by atoms with Crippen molar-refractivity contribution in [2.45, 2.75) is 13.0 Å². The third-order valence-electron chi connectivity index (χ3n) is 3.03. The van der Waals surface area contributed by atoms with Gasteiger partial charge in [0.2, 0.25) is 6.79 Å². The lowest BCUT2D eigenvalue weighted by atomic mass is 10.1. The largest absolute Gasteiger partial charge is 0.454 e. The van der Waals surface area contributed by atoms with Crippen LogP contribution in [0.4, 0.5) is 0 Å². The van der Waals surface area contributed by atoms with Crippen molar-refractivity contribution in [1.82, 2.24) is 5.32 Å². The molecule has 4 nitrogen and oxygen atoms in total. The van der Waals surface area contributed by atoms with Crippen LogP contribution in [0.5, 0.6) is 11.5 Å². The van der Waals surface area contributed by atoms with E-state index in [1.54, 1.807) is 0 Å². The second-order valence-electron chi connectivity index (χ2n) is 4.32. The van der Waals surface area contributed by atoms with Crippen LogP contribution in [0, 0.1) is 0 Å². The number of fused-ring (bicyclic) bond motifs is 1. The number of carbonyl (C=O) groups excluding carboxylic acids is 1. The van der Waals surface area contributed by atoms with Gasteiger partial charge in [0.15, 0.2) is 11.5 Å². The standard InChI is InChI=1S/C14H13NO3S/c1-9(15-14(16)11-4-5-19-7-11)10-2-3-12-13(6-10)18-8-17-12/h2-7,9H,8H2,1H3,(H,15,16). The fourth-order valence-corrected chi connectivity index (χ4v) is 2.58. The lowest BCUT2D eigenvalue weighted by Gasteiger charge is -2.14. The van der Waals surface area contributed by atoms with Gasteiger partial charge in [-0.15, -0.1) is 0 Å². The highest BCUT2D eigenvalue weighted by Crippen LogP contribution is 2.34. The van der Waals surface area contributed by atoms with Crippen LogP contribution >= 0.6 is 11.3 Å². The molecular weight excluding hydrogens is 262 g/mol. The summed E-state index contributed by atoms with van der Waals surface area (Å²) in [7, 11) is 0. The Kier molecular flexibility index (Phi) is 3.13. The quantitative estimate of drug-likeness (QED) is 0.936. The van der Waals surface area contributed by atoms with Crippen LogP contribution in [-0.4, -0.2) is 12.7 Å². The Balaban J connectivity index is 1.73. The summed E-state index contributed by atoms with van der Waals surface area (Å²) >= 11 is 1.51. The van der Waals surface area contributed by atoms with E-state index in [0.717, 1.165) is 17.1 Å². The zero-order valence-electron chi connectivity index (χ0n) is 10.4. The Hall–Kier alpha value is -2.01. The highest BCUT2D eigenvalue weighted by Gasteiger charge is 2.17. The highest BCUT2D eigenvalue weighted by molar-refractivity contribution is 7.08. The molecule has 1 amide bonds. The predicted octanol–water partition coefficient (Wildman–Crippen LogP) is 2.97. The molecule has 0 aliphatic carbocycles. The number of amides is 1. The summed E-state index contributed by atoms with van der Waals surface area (Å²) in [4.78, 5) is 12.0. The maximum atomic E-state index is 12.0. The monoisotopic (exact) mass is 275 g/mol. The van der Waals surface area contributed by atoms with E-state index < -0.39 is 0 Å². The molecule has 19 heavy (non-hydrogen) atoms. The predicted molar refractivity (Wildman–Crippen MR) is 72.8 cm³/mol. The lowest BCUT2D eigenvalue weighted by Crippen LogP contribution is -2.26. The van der Waals surface area contributed by atoms with E-state index in [1.807, 2.05) is 41.9 Å². The average Bonchev–Trinajstić information content (AvgIpc) is 3.09. The fourth-order valence-electron chi connectivity index (χ4n) is 1.94. The van der Waals surface area contributed by atoms with Gasteiger partial charge in [-0.1, -0.05) is 6.07 Å². The van der Waals surface area contributed by atoms with Crippen LogP contribution in [0.2, 0.25) is 0 Å². The second-order valence-corrected chi connectivity index (χ2v) is 5.10. The number of ether oxygens (including phenoxy) is 2. The number of carbonyl (C=O) groups is 1. The summed E-state index contributed by atoms with van der Waals surface area (Å²) in [5.74, 6) is 1.42. The number of nitrogens with one attached hydrogen (secondary N) is 1. The first-order valence-electron chi connectivity index (χ1n) is 5.96. The normalized spacial score (nSPS) is 14.2. The zero-order chi connectivity index (χ0) is 13.2. The SMILES string of the molecule is CC(NC(=O)c1ccsc1)c1ccc2c(c1)OCO2. The van der Waals surface area contributed by atoms with Crippen molar-refractivity contribution in [1.29, 1.82) is 0 Å². The van der Waals surface area contributed by atoms with Gasteiger partial charge in [-0.2, -0.15) is 11.3 Å². The van der Waals surface area contributed by atoms with Gasteiger partial charge in [-0.25, -0.2) is 0 Å². The molecule has 0 saturated carbocycles. The lowest BCUT2D eigenvalue weighted by molar-refractivity contribution is 0.0940. The van der Waals surface area contributed by atoms with E-state index in [-0.39, 0.29) is 18.7 Å². The first kappa shape index (κ1) is 12.0. The molecule has 98 valence electrons. The van der Waals surface area contributed by atoms with Crippen LogP contribution in [0.1, 0.15) is 28.9 Å². The Bertz CT molecular complexity index is 595. The Labute approximate surface area is 115 Å². The number of benzene rings is 1. The van der Waals surface area contributed by atoms with Crippen LogP contribution < -0.4 is 14.8 Å². The molecule has 1 unspecified atom stereocenters. The van der Waals surface area contributed by atoms with E-state index in [4.69, 9.17) is 9.47 Å². The minimum atomic E-state index is -0.0816. The first-order chi connectivity index (χ1) is 9.24. The molecule has 2 heterocycles. The van der Waals surface area contributed by atoms with Crippen molar-refractivity contribution in [2.75, 3.05) is 6.79 Å². The van der Waals surface area contributed by atoms with Crippen molar-refractivity contribution >= 4 is 17.2 Å². The minimum absolute atomic E-state index is 0.0635. The molecule has 0 bridgehead atoms. The van der Waals surface area contributed by atoms with Gasteiger partial charge in [0.05, 0.1) is 11.6 Å². The van der Waals surface area contributed by atoms with Gasteiger partial charge in [0, 0.05) is 5.38 Å². The molecule has 0 radical (unpaired) electrons. The maximum absolute atomic E-state index is 12.0. The summed E-state index contributed by atoms with van der Waals surface area (Å²) in [6, 6.07) is 7.44. The number of hydrogen-bond acceptors (Lipinski definition) is 4. The molecule has 0 spiro atoms. The minimum Gasteiger partial charge on any atom is -0.454 e. The maximum Gasteiger partial charge on any atom is 0.252 e. The van der Waals surface area contributed by atoms with Gasteiger partial charge in [-0.3, -0.25) is 4.79 Å². The molecular formula is C14H13NO3S. The third-order valence-corrected chi connectivity index (χ3v) is 3.71. The summed E-state index contributed by atoms with van der Waals surface area (Å²) in [6.45, 7) is 2.20. The van der Waals surface area contributed by atoms with Crippen LogP contribution in [0.15, 0.2) is 35.0 Å². The topological polar surface area (TPSA) is 47.6 Å². The average molecular weight is 275 g/mol. The van der Waals surface area contributed by atoms with Crippen molar-refractivity contribution < 1.29 is 14.3 Å². The summed E-state index contributed by atoms with van der Waals surface area (Å²) in [5.41, 5.74) is 1.69. The second kappa shape index (κ2) is 4.93. The van der Waals surface area contributed by atoms with Gasteiger partial charge in [0.25, 0.3) is 5.91 Å². The molecule has 0 saturated heterocycles. The fraction of sp³-hybridized carbons (Fsp3) is 0.214. The van der Waals surface area contributed by atoms with Crippen molar-refractivity contribution in [3.05, 3.63) is 46.2 Å². The van der Waals surface area contributed by atoms with E-state index >= 15 is 0 Å². The molecule has 2 aromatic rings. The summed E-state index contributed by atoms with van der Waals surface area (Å²) < 4.78 is 10.6. The van der Waals surface area contributed by atoms with Crippen molar-refractivity contribution in [3.63, 3.8) is 0 Å². The van der Waals surface area contributed by atoms with E-state index in [2.05, 4.69) is 5.32 Å². The molecule has 3 rings (SSSR count). The molecule has 1 aromatic carbocycles. The summed E-state index contributed by atoms with van der Waals surface area (Å²) in [5, 5.41) is 6.69. The Morgan fingerprint density at radius 1 is 1.32 bits per heavy atom. The first-order valence-corrected chi connectivity index (χ1v) is 6.91. The number of rotatable bonds is 3. The van der Waals surface area contributed by atoms with Gasteiger partial charge in [0.1, 0.15) is 0 Å². The van der Waals surface area contributed by atoms with Gasteiger partial charge in [-0.05, 0) is 36.1 Å². The summed E-state index contributed by atoms with van der Waals surface area (Å²) in [6.07, 6.45) is 0. The van der Waals surface area contributed by atoms with Crippen LogP contribution in [0.3, 0.4) is 0 Å². The Morgan fingerprint density at radius 2 is 2.16 bits per heavy atom. The third kappa shape index (κ3) is 2.42. The highest BCUT2D eigenvalue weighted by atomic mass is 32.1. The van der Waals surface area contributed by atoms with E-state index in [1.165, 1.54) is 11.3 Å². The molecule has 1 N–H and O–H groups in total. The van der Waals surface area contributed by atoms with Crippen LogP contribution in [0.25, 0.3) is 0 Å². The molecule has 1 aliphatic heterocycles. The Morgan fingerprint density at radius 3 is 2.95 bits per heavy atom. The number of hydrogen-bond donors (Lipinski definition) is 1. The van der Waals surface area contributed by atoms with Crippen molar-refractivity contribution in [2.24, 2.45) is 0 Å². The van der Waals surface area contributed by atoms with E-state index in [0.29, 0.717) is 5.56 Å². The molecule has 1 atom stereocenters. The molecule has 0 fully saturated rings. The van der Waals surface area contributed by atoms with E-state index in [9.17, 15) is 4.79 Å².